The highest BCUT2D eigenvalue weighted by molar-refractivity contribution is 9.10. The molecule has 0 saturated carbocycles. The maximum atomic E-state index is 8.64. The van der Waals surface area contributed by atoms with E-state index >= 15 is 0 Å². The highest BCUT2D eigenvalue weighted by atomic mass is 79.9. The number of halogens is 2. The van der Waals surface area contributed by atoms with E-state index in [0.717, 1.165) is 0 Å². The smallest absolute Gasteiger partial charge is 0.148 e. The van der Waals surface area contributed by atoms with Crippen molar-refractivity contribution < 1.29 is 0 Å². The first-order chi connectivity index (χ1) is 5.70. The van der Waals surface area contributed by atoms with Gasteiger partial charge in [0.1, 0.15) is 22.9 Å². The molecule has 1 aromatic rings. The molecule has 0 atom stereocenters. The fourth-order valence-electron chi connectivity index (χ4n) is 0.676. The molecule has 3 nitrogen and oxygen atoms in total. The van der Waals surface area contributed by atoms with Crippen LogP contribution < -0.4 is 0 Å². The molecule has 1 aromatic heterocycles. The summed E-state index contributed by atoms with van der Waals surface area (Å²) < 4.78 is 0.478. The maximum Gasteiger partial charge on any atom is 0.148 e. The van der Waals surface area contributed by atoms with Gasteiger partial charge < -0.3 is 0 Å². The molecule has 5 heteroatoms. The number of hydrogen-bond acceptors (Lipinski definition) is 3. The van der Waals surface area contributed by atoms with Crippen LogP contribution in [0.4, 0.5) is 0 Å². The van der Waals surface area contributed by atoms with Crippen molar-refractivity contribution in [3.63, 3.8) is 0 Å². The van der Waals surface area contributed by atoms with Gasteiger partial charge in [-0.15, -0.1) is 0 Å². The molecule has 12 heavy (non-hydrogen) atoms. The Balaban J connectivity index is 3.55. The number of pyridine rings is 1. The van der Waals surface area contributed by atoms with Gasteiger partial charge in [-0.05, 0) is 15.9 Å². The minimum absolute atomic E-state index is 0.0530. The zero-order valence-electron chi connectivity index (χ0n) is 5.67. The second-order valence-electron chi connectivity index (χ2n) is 1.87. The topological polar surface area (TPSA) is 60.5 Å². The lowest BCUT2D eigenvalue weighted by atomic mass is 10.2. The Hall–Kier alpha value is -1.10. The van der Waals surface area contributed by atoms with E-state index in [1.165, 1.54) is 6.20 Å². The van der Waals surface area contributed by atoms with Crippen LogP contribution in [0.3, 0.4) is 0 Å². The molecule has 1 heterocycles. The minimum atomic E-state index is 0.0530. The van der Waals surface area contributed by atoms with E-state index in [9.17, 15) is 0 Å². The maximum absolute atomic E-state index is 8.64. The molecular weight excluding hydrogens is 241 g/mol. The third-order valence-corrected chi connectivity index (χ3v) is 2.10. The normalized spacial score (nSPS) is 8.67. The Labute approximate surface area is 82.3 Å². The molecule has 0 spiro atoms. The summed E-state index contributed by atoms with van der Waals surface area (Å²) in [5, 5.41) is 17.3. The van der Waals surface area contributed by atoms with Crippen LogP contribution in [0, 0.1) is 22.7 Å². The molecule has 0 unspecified atom stereocenters. The summed E-state index contributed by atoms with van der Waals surface area (Å²) >= 11 is 8.66. The summed E-state index contributed by atoms with van der Waals surface area (Å²) in [5.74, 6) is 0. The Kier molecular flexibility index (Phi) is 2.65. The monoisotopic (exact) mass is 241 g/mol. The van der Waals surface area contributed by atoms with Crippen LogP contribution in [-0.2, 0) is 0 Å². The number of nitriles is 2. The van der Waals surface area contributed by atoms with Gasteiger partial charge in [0.2, 0.25) is 0 Å². The predicted octanol–water partition coefficient (Wildman–Crippen LogP) is 2.24. The lowest BCUT2D eigenvalue weighted by Crippen LogP contribution is -1.89. The Bertz CT molecular complexity index is 363. The molecule has 0 aliphatic rings. The molecule has 0 radical (unpaired) electrons. The lowest BCUT2D eigenvalue weighted by molar-refractivity contribution is 1.26. The van der Waals surface area contributed by atoms with Gasteiger partial charge in [0.05, 0.1) is 10.0 Å². The molecule has 0 fully saturated rings. The van der Waals surface area contributed by atoms with Crippen molar-refractivity contribution in [3.05, 3.63) is 26.9 Å². The minimum Gasteiger partial charge on any atom is -0.242 e. The molecule has 0 amide bonds. The summed E-state index contributed by atoms with van der Waals surface area (Å²) in [6, 6.07) is 3.67. The number of hydrogen-bond donors (Lipinski definition) is 0. The van der Waals surface area contributed by atoms with Crippen LogP contribution in [0.1, 0.15) is 11.1 Å². The van der Waals surface area contributed by atoms with E-state index in [-0.39, 0.29) is 16.3 Å². The average Bonchev–Trinajstić information content (AvgIpc) is 2.08. The van der Waals surface area contributed by atoms with Gasteiger partial charge in [0.15, 0.2) is 0 Å². The first-order valence-electron chi connectivity index (χ1n) is 2.85. The number of rotatable bonds is 0. The van der Waals surface area contributed by atoms with Crippen LogP contribution in [0.2, 0.25) is 5.15 Å². The molecule has 0 aliphatic carbocycles. The molecule has 0 aliphatic heterocycles. The van der Waals surface area contributed by atoms with Crippen molar-refractivity contribution >= 4 is 27.5 Å². The van der Waals surface area contributed by atoms with Gasteiger partial charge in [0, 0.05) is 6.20 Å². The van der Waals surface area contributed by atoms with Gasteiger partial charge >= 0.3 is 0 Å². The molecule has 0 bridgehead atoms. The first-order valence-corrected chi connectivity index (χ1v) is 4.02. The van der Waals surface area contributed by atoms with E-state index in [1.807, 2.05) is 12.1 Å². The Morgan fingerprint density at radius 3 is 2.33 bits per heavy atom. The molecule has 0 aromatic carbocycles. The van der Waals surface area contributed by atoms with Crippen LogP contribution >= 0.6 is 27.5 Å². The quantitative estimate of drug-likeness (QED) is 0.656. The Morgan fingerprint density at radius 2 is 1.92 bits per heavy atom. The highest BCUT2D eigenvalue weighted by Gasteiger charge is 2.10. The van der Waals surface area contributed by atoms with E-state index in [0.29, 0.717) is 4.47 Å². The van der Waals surface area contributed by atoms with Crippen LogP contribution in [0.15, 0.2) is 10.7 Å². The largest absolute Gasteiger partial charge is 0.242 e. The molecular formula is C7HBrClN3. The average molecular weight is 242 g/mol. The first kappa shape index (κ1) is 8.99. The van der Waals surface area contributed by atoms with Gasteiger partial charge in [-0.25, -0.2) is 4.98 Å². The number of nitrogens with zero attached hydrogens (tertiary/aromatic N) is 3. The SMILES string of the molecule is N#Cc1c(Br)cnc(Cl)c1C#N. The van der Waals surface area contributed by atoms with Crippen molar-refractivity contribution in [1.82, 2.24) is 4.98 Å². The predicted molar refractivity (Wildman–Crippen MR) is 46.4 cm³/mol. The van der Waals surface area contributed by atoms with E-state index in [2.05, 4.69) is 20.9 Å². The van der Waals surface area contributed by atoms with Crippen molar-refractivity contribution in [1.29, 1.82) is 10.5 Å². The summed E-state index contributed by atoms with van der Waals surface area (Å²) in [6.45, 7) is 0. The molecule has 1 rings (SSSR count). The van der Waals surface area contributed by atoms with Crippen LogP contribution in [-0.4, -0.2) is 4.98 Å². The van der Waals surface area contributed by atoms with Crippen LogP contribution in [0.5, 0.6) is 0 Å². The van der Waals surface area contributed by atoms with Gasteiger partial charge in [-0.1, -0.05) is 11.6 Å². The van der Waals surface area contributed by atoms with Gasteiger partial charge in [-0.2, -0.15) is 10.5 Å². The fraction of sp³-hybridized carbons (Fsp3) is 0. The molecule has 0 N–H and O–H groups in total. The molecule has 58 valence electrons. The number of aromatic nitrogens is 1. The summed E-state index contributed by atoms with van der Waals surface area (Å²) in [6.07, 6.45) is 1.39. The van der Waals surface area contributed by atoms with Crippen LogP contribution in [0.25, 0.3) is 0 Å². The Morgan fingerprint density at radius 1 is 1.33 bits per heavy atom. The second kappa shape index (κ2) is 3.53. The standard InChI is InChI=1S/C7HBrClN3/c8-6-3-12-7(9)5(2-11)4(6)1-10/h3H. The molecule has 0 saturated heterocycles. The zero-order valence-corrected chi connectivity index (χ0v) is 8.02. The third kappa shape index (κ3) is 1.40. The summed E-state index contributed by atoms with van der Waals surface area (Å²) in [5.41, 5.74) is 0.325. The van der Waals surface area contributed by atoms with E-state index in [1.54, 1.807) is 0 Å². The van der Waals surface area contributed by atoms with Crippen molar-refractivity contribution in [2.75, 3.05) is 0 Å². The van der Waals surface area contributed by atoms with E-state index in [4.69, 9.17) is 22.1 Å². The zero-order chi connectivity index (χ0) is 9.14. The van der Waals surface area contributed by atoms with Crippen molar-refractivity contribution in [2.24, 2.45) is 0 Å². The van der Waals surface area contributed by atoms with Crippen molar-refractivity contribution in [3.8, 4) is 12.1 Å². The van der Waals surface area contributed by atoms with E-state index < -0.39 is 0 Å². The highest BCUT2D eigenvalue weighted by Crippen LogP contribution is 2.23. The van der Waals surface area contributed by atoms with Gasteiger partial charge in [0.25, 0.3) is 0 Å². The summed E-state index contributed by atoms with van der Waals surface area (Å²) in [4.78, 5) is 3.70. The fourth-order valence-corrected chi connectivity index (χ4v) is 1.25. The lowest BCUT2D eigenvalue weighted by Gasteiger charge is -1.97. The second-order valence-corrected chi connectivity index (χ2v) is 3.08. The van der Waals surface area contributed by atoms with Crippen molar-refractivity contribution in [2.45, 2.75) is 0 Å². The third-order valence-electron chi connectivity index (χ3n) is 1.21. The van der Waals surface area contributed by atoms with Gasteiger partial charge in [-0.3, -0.25) is 0 Å². The summed E-state index contributed by atoms with van der Waals surface area (Å²) in [7, 11) is 0.